The van der Waals surface area contributed by atoms with Gasteiger partial charge in [0.05, 0.1) is 6.54 Å². The third kappa shape index (κ3) is 2.51. The standard InChI is InChI=1S/C10H18N4O2/c11-10(16)13-9(15)6-14-3-1-2-7-4-12-5-8(7)14/h7-8,12H,1-6H2,(H3,11,13,15,16). The second-order valence-corrected chi connectivity index (χ2v) is 4.51. The molecular weight excluding hydrogens is 208 g/mol. The van der Waals surface area contributed by atoms with Gasteiger partial charge in [0.15, 0.2) is 0 Å². The monoisotopic (exact) mass is 226 g/mol. The number of hydrogen-bond donors (Lipinski definition) is 3. The van der Waals surface area contributed by atoms with Gasteiger partial charge in [-0.25, -0.2) is 4.79 Å². The molecule has 0 aromatic heterocycles. The number of hydrogen-bond acceptors (Lipinski definition) is 4. The number of likely N-dealkylation sites (tertiary alicyclic amines) is 1. The Morgan fingerprint density at radius 3 is 3.00 bits per heavy atom. The number of rotatable bonds is 2. The second kappa shape index (κ2) is 4.80. The van der Waals surface area contributed by atoms with Crippen molar-refractivity contribution >= 4 is 11.9 Å². The van der Waals surface area contributed by atoms with Crippen LogP contribution in [0.3, 0.4) is 0 Å². The molecule has 2 rings (SSSR count). The minimum absolute atomic E-state index is 0.270. The molecule has 3 amide bonds. The number of imide groups is 1. The summed E-state index contributed by atoms with van der Waals surface area (Å²) in [6.07, 6.45) is 2.35. The summed E-state index contributed by atoms with van der Waals surface area (Å²) in [4.78, 5) is 24.1. The molecule has 90 valence electrons. The normalized spacial score (nSPS) is 29.8. The lowest BCUT2D eigenvalue weighted by atomic mass is 9.92. The van der Waals surface area contributed by atoms with Crippen LogP contribution in [0.5, 0.6) is 0 Å². The van der Waals surface area contributed by atoms with E-state index < -0.39 is 6.03 Å². The topological polar surface area (TPSA) is 87.5 Å². The predicted octanol–water partition coefficient (Wildman–Crippen LogP) is -1.13. The maximum absolute atomic E-state index is 11.4. The van der Waals surface area contributed by atoms with E-state index in [2.05, 4.69) is 15.5 Å². The van der Waals surface area contributed by atoms with Crippen molar-refractivity contribution in [2.75, 3.05) is 26.2 Å². The van der Waals surface area contributed by atoms with E-state index in [9.17, 15) is 9.59 Å². The number of primary amides is 1. The average Bonchev–Trinajstić information content (AvgIpc) is 2.65. The van der Waals surface area contributed by atoms with Crippen LogP contribution in [0.15, 0.2) is 0 Å². The van der Waals surface area contributed by atoms with Crippen LogP contribution in [0.2, 0.25) is 0 Å². The minimum Gasteiger partial charge on any atom is -0.351 e. The Hall–Kier alpha value is -1.14. The molecular formula is C10H18N4O2. The van der Waals surface area contributed by atoms with Crippen molar-refractivity contribution in [1.82, 2.24) is 15.5 Å². The van der Waals surface area contributed by atoms with Crippen molar-refractivity contribution < 1.29 is 9.59 Å². The maximum atomic E-state index is 11.4. The summed E-state index contributed by atoms with van der Waals surface area (Å²) in [5.74, 6) is 0.343. The highest BCUT2D eigenvalue weighted by Crippen LogP contribution is 2.25. The molecule has 0 aromatic rings. The van der Waals surface area contributed by atoms with Gasteiger partial charge in [0, 0.05) is 12.6 Å². The van der Waals surface area contributed by atoms with E-state index in [1.54, 1.807) is 0 Å². The minimum atomic E-state index is -0.775. The number of fused-ring (bicyclic) bond motifs is 1. The Labute approximate surface area is 94.5 Å². The first-order valence-electron chi connectivity index (χ1n) is 5.71. The Kier molecular flexibility index (Phi) is 3.40. The maximum Gasteiger partial charge on any atom is 0.318 e. The van der Waals surface area contributed by atoms with E-state index in [-0.39, 0.29) is 12.5 Å². The van der Waals surface area contributed by atoms with Gasteiger partial charge in [-0.05, 0) is 31.8 Å². The predicted molar refractivity (Wildman–Crippen MR) is 58.7 cm³/mol. The summed E-state index contributed by atoms with van der Waals surface area (Å²) in [5.41, 5.74) is 4.90. The van der Waals surface area contributed by atoms with Crippen molar-refractivity contribution in [2.45, 2.75) is 18.9 Å². The molecule has 2 atom stereocenters. The van der Waals surface area contributed by atoms with E-state index in [4.69, 9.17) is 5.73 Å². The number of carbonyl (C=O) groups excluding carboxylic acids is 2. The first-order valence-corrected chi connectivity index (χ1v) is 5.71. The van der Waals surface area contributed by atoms with Gasteiger partial charge in [0.2, 0.25) is 5.91 Å². The van der Waals surface area contributed by atoms with Crippen LogP contribution in [0, 0.1) is 5.92 Å². The molecule has 0 aromatic carbocycles. The Morgan fingerprint density at radius 2 is 2.25 bits per heavy atom. The summed E-state index contributed by atoms with van der Waals surface area (Å²) >= 11 is 0. The van der Waals surface area contributed by atoms with Gasteiger partial charge in [-0.15, -0.1) is 0 Å². The Bertz CT molecular complexity index is 295. The molecule has 2 aliphatic rings. The fraction of sp³-hybridized carbons (Fsp3) is 0.800. The van der Waals surface area contributed by atoms with Gasteiger partial charge in [-0.3, -0.25) is 15.0 Å². The van der Waals surface area contributed by atoms with E-state index in [1.165, 1.54) is 6.42 Å². The smallest absolute Gasteiger partial charge is 0.318 e. The summed E-state index contributed by atoms with van der Waals surface area (Å²) in [6, 6.07) is -0.338. The molecule has 6 heteroatoms. The SMILES string of the molecule is NC(=O)NC(=O)CN1CCCC2CNCC21. The fourth-order valence-electron chi connectivity index (χ4n) is 2.72. The molecule has 0 radical (unpaired) electrons. The zero-order valence-electron chi connectivity index (χ0n) is 9.24. The lowest BCUT2D eigenvalue weighted by Gasteiger charge is -2.36. The molecule has 0 spiro atoms. The van der Waals surface area contributed by atoms with Gasteiger partial charge in [-0.2, -0.15) is 0 Å². The molecule has 2 unspecified atom stereocenters. The summed E-state index contributed by atoms with van der Waals surface area (Å²) in [7, 11) is 0. The molecule has 0 bridgehead atoms. The molecule has 0 saturated carbocycles. The van der Waals surface area contributed by atoms with Gasteiger partial charge in [-0.1, -0.05) is 0 Å². The number of piperidine rings is 1. The lowest BCUT2D eigenvalue weighted by molar-refractivity contribution is -0.122. The largest absolute Gasteiger partial charge is 0.351 e. The van der Waals surface area contributed by atoms with Crippen LogP contribution < -0.4 is 16.4 Å². The van der Waals surface area contributed by atoms with Crippen LogP contribution >= 0.6 is 0 Å². The lowest BCUT2D eigenvalue weighted by Crippen LogP contribution is -2.50. The average molecular weight is 226 g/mol. The molecule has 0 aliphatic carbocycles. The highest BCUT2D eigenvalue weighted by Gasteiger charge is 2.35. The zero-order chi connectivity index (χ0) is 11.5. The van der Waals surface area contributed by atoms with Gasteiger partial charge in [0.25, 0.3) is 0 Å². The third-order valence-electron chi connectivity index (χ3n) is 3.40. The fourth-order valence-corrected chi connectivity index (χ4v) is 2.72. The molecule has 2 saturated heterocycles. The number of carbonyl (C=O) groups is 2. The number of nitrogens with one attached hydrogen (secondary N) is 2. The summed E-state index contributed by atoms with van der Waals surface area (Å²) in [6.45, 7) is 3.17. The quantitative estimate of drug-likeness (QED) is 0.556. The highest BCUT2D eigenvalue weighted by atomic mass is 16.2. The van der Waals surface area contributed by atoms with Crippen molar-refractivity contribution in [2.24, 2.45) is 11.7 Å². The van der Waals surface area contributed by atoms with E-state index >= 15 is 0 Å². The molecule has 2 fully saturated rings. The van der Waals surface area contributed by atoms with Crippen LogP contribution in [-0.4, -0.2) is 49.1 Å². The second-order valence-electron chi connectivity index (χ2n) is 4.51. The number of amides is 3. The van der Waals surface area contributed by atoms with Gasteiger partial charge >= 0.3 is 6.03 Å². The van der Waals surface area contributed by atoms with Crippen molar-refractivity contribution in [3.05, 3.63) is 0 Å². The third-order valence-corrected chi connectivity index (χ3v) is 3.40. The molecule has 4 N–H and O–H groups in total. The number of nitrogens with zero attached hydrogens (tertiary/aromatic N) is 1. The van der Waals surface area contributed by atoms with E-state index in [1.807, 2.05) is 0 Å². The number of urea groups is 1. The van der Waals surface area contributed by atoms with Crippen LogP contribution in [0.25, 0.3) is 0 Å². The van der Waals surface area contributed by atoms with Gasteiger partial charge in [0.1, 0.15) is 0 Å². The van der Waals surface area contributed by atoms with E-state index in [0.717, 1.165) is 26.1 Å². The van der Waals surface area contributed by atoms with Crippen molar-refractivity contribution in [3.63, 3.8) is 0 Å². The van der Waals surface area contributed by atoms with Crippen molar-refractivity contribution in [1.29, 1.82) is 0 Å². The van der Waals surface area contributed by atoms with Crippen LogP contribution in [0.4, 0.5) is 4.79 Å². The zero-order valence-corrected chi connectivity index (χ0v) is 9.24. The highest BCUT2D eigenvalue weighted by molar-refractivity contribution is 5.94. The van der Waals surface area contributed by atoms with Gasteiger partial charge < -0.3 is 11.1 Å². The molecule has 2 heterocycles. The van der Waals surface area contributed by atoms with Crippen LogP contribution in [0.1, 0.15) is 12.8 Å². The molecule has 2 aliphatic heterocycles. The first kappa shape index (κ1) is 11.3. The summed E-state index contributed by atoms with van der Waals surface area (Å²) < 4.78 is 0. The van der Waals surface area contributed by atoms with Crippen LogP contribution in [-0.2, 0) is 4.79 Å². The Balaban J connectivity index is 1.88. The molecule has 16 heavy (non-hydrogen) atoms. The molecule has 6 nitrogen and oxygen atoms in total. The van der Waals surface area contributed by atoms with Crippen molar-refractivity contribution in [3.8, 4) is 0 Å². The summed E-state index contributed by atoms with van der Waals surface area (Å²) in [5, 5.41) is 5.45. The number of nitrogens with two attached hydrogens (primary N) is 1. The first-order chi connectivity index (χ1) is 7.66. The van der Waals surface area contributed by atoms with E-state index in [0.29, 0.717) is 12.0 Å². The Morgan fingerprint density at radius 1 is 1.44 bits per heavy atom.